The molecule has 0 saturated carbocycles. The molecule has 4 rings (SSSR count). The average molecular weight is 403 g/mol. The number of nitrogens with one attached hydrogen (secondary N) is 1. The highest BCUT2D eigenvalue weighted by Gasteiger charge is 2.21. The van der Waals surface area contributed by atoms with Gasteiger partial charge in [0.25, 0.3) is 0 Å². The molecule has 1 aromatic heterocycles. The van der Waals surface area contributed by atoms with Gasteiger partial charge < -0.3 is 4.90 Å². The maximum atomic E-state index is 12.8. The normalized spacial score (nSPS) is 15.1. The molecule has 0 bridgehead atoms. The number of carbonyl (C=O) groups is 1. The molecular weight excluding hydrogens is 376 g/mol. The predicted octanol–water partition coefficient (Wildman–Crippen LogP) is 5.05. The largest absolute Gasteiger partial charge is 0.338 e. The first-order chi connectivity index (χ1) is 14.2. The third kappa shape index (κ3) is 4.84. The summed E-state index contributed by atoms with van der Waals surface area (Å²) in [5.41, 5.74) is 5.02. The van der Waals surface area contributed by atoms with Crippen LogP contribution < -0.4 is 5.32 Å². The van der Waals surface area contributed by atoms with Crippen molar-refractivity contribution in [3.63, 3.8) is 0 Å². The van der Waals surface area contributed by atoms with Gasteiger partial charge in [0.05, 0.1) is 12.6 Å². The highest BCUT2D eigenvalue weighted by Crippen LogP contribution is 2.26. The van der Waals surface area contributed by atoms with E-state index in [2.05, 4.69) is 84.4 Å². The SMILES string of the molecule is Cc1ccc([C@@H](NCC(=O)N2CC=C(c3ccccc3)CC2)c2cccs2)cc1. The summed E-state index contributed by atoms with van der Waals surface area (Å²) in [7, 11) is 0. The van der Waals surface area contributed by atoms with E-state index in [1.165, 1.54) is 27.1 Å². The first-order valence-electron chi connectivity index (χ1n) is 10.1. The lowest BCUT2D eigenvalue weighted by Crippen LogP contribution is -2.41. The van der Waals surface area contributed by atoms with Gasteiger partial charge in [0.15, 0.2) is 0 Å². The highest BCUT2D eigenvalue weighted by atomic mass is 32.1. The van der Waals surface area contributed by atoms with Crippen molar-refractivity contribution in [2.45, 2.75) is 19.4 Å². The van der Waals surface area contributed by atoms with Crippen molar-refractivity contribution < 1.29 is 4.79 Å². The van der Waals surface area contributed by atoms with Crippen LogP contribution in [0.25, 0.3) is 5.57 Å². The Bertz CT molecular complexity index is 962. The quantitative estimate of drug-likeness (QED) is 0.626. The topological polar surface area (TPSA) is 32.3 Å². The molecule has 0 radical (unpaired) electrons. The Morgan fingerprint density at radius 2 is 1.86 bits per heavy atom. The van der Waals surface area contributed by atoms with E-state index in [4.69, 9.17) is 0 Å². The molecule has 1 amide bonds. The van der Waals surface area contributed by atoms with Gasteiger partial charge in [0.2, 0.25) is 5.91 Å². The molecule has 0 aliphatic carbocycles. The van der Waals surface area contributed by atoms with Gasteiger partial charge in [-0.15, -0.1) is 11.3 Å². The second-order valence-corrected chi connectivity index (χ2v) is 8.40. The molecule has 148 valence electrons. The monoisotopic (exact) mass is 402 g/mol. The summed E-state index contributed by atoms with van der Waals surface area (Å²) in [6.07, 6.45) is 3.09. The maximum absolute atomic E-state index is 12.8. The summed E-state index contributed by atoms with van der Waals surface area (Å²) in [5.74, 6) is 0.155. The number of nitrogens with zero attached hydrogens (tertiary/aromatic N) is 1. The lowest BCUT2D eigenvalue weighted by molar-refractivity contribution is -0.129. The van der Waals surface area contributed by atoms with Crippen LogP contribution in [0.1, 0.15) is 34.0 Å². The number of hydrogen-bond acceptors (Lipinski definition) is 3. The number of carbonyl (C=O) groups excluding carboxylic acids is 1. The number of amides is 1. The molecule has 1 aliphatic heterocycles. The van der Waals surface area contributed by atoms with Crippen LogP contribution in [0.4, 0.5) is 0 Å². The van der Waals surface area contributed by atoms with E-state index in [1.807, 2.05) is 11.0 Å². The summed E-state index contributed by atoms with van der Waals surface area (Å²) in [6, 6.07) is 23.2. The van der Waals surface area contributed by atoms with Crippen molar-refractivity contribution in [1.29, 1.82) is 0 Å². The minimum Gasteiger partial charge on any atom is -0.338 e. The van der Waals surface area contributed by atoms with Crippen molar-refractivity contribution >= 4 is 22.8 Å². The maximum Gasteiger partial charge on any atom is 0.236 e. The smallest absolute Gasteiger partial charge is 0.236 e. The van der Waals surface area contributed by atoms with E-state index in [0.29, 0.717) is 13.1 Å². The summed E-state index contributed by atoms with van der Waals surface area (Å²) >= 11 is 1.72. The fraction of sp³-hybridized carbons (Fsp3) is 0.240. The Morgan fingerprint density at radius 1 is 1.07 bits per heavy atom. The zero-order chi connectivity index (χ0) is 20.1. The predicted molar refractivity (Wildman–Crippen MR) is 121 cm³/mol. The second kappa shape index (κ2) is 9.21. The molecule has 0 saturated heterocycles. The Hall–Kier alpha value is -2.69. The van der Waals surface area contributed by atoms with Gasteiger partial charge in [-0.25, -0.2) is 0 Å². The van der Waals surface area contributed by atoms with Crippen molar-refractivity contribution in [3.05, 3.63) is 99.8 Å². The Kier molecular flexibility index (Phi) is 6.23. The molecule has 3 aromatic rings. The number of rotatable bonds is 6. The summed E-state index contributed by atoms with van der Waals surface area (Å²) in [5, 5.41) is 5.58. The summed E-state index contributed by atoms with van der Waals surface area (Å²) in [4.78, 5) is 16.0. The number of benzene rings is 2. The van der Waals surface area contributed by atoms with Gasteiger partial charge in [0.1, 0.15) is 0 Å². The van der Waals surface area contributed by atoms with Gasteiger partial charge in [0, 0.05) is 18.0 Å². The van der Waals surface area contributed by atoms with Crippen LogP contribution >= 0.6 is 11.3 Å². The van der Waals surface area contributed by atoms with Crippen molar-refractivity contribution in [3.8, 4) is 0 Å². The van der Waals surface area contributed by atoms with E-state index in [1.54, 1.807) is 11.3 Å². The molecule has 0 spiro atoms. The molecule has 29 heavy (non-hydrogen) atoms. The van der Waals surface area contributed by atoms with Crippen LogP contribution in [0.2, 0.25) is 0 Å². The van der Waals surface area contributed by atoms with Crippen LogP contribution in [0.5, 0.6) is 0 Å². The minimum absolute atomic E-state index is 0.0414. The van der Waals surface area contributed by atoms with Gasteiger partial charge in [-0.05, 0) is 41.5 Å². The van der Waals surface area contributed by atoms with E-state index in [0.717, 1.165) is 13.0 Å². The standard InChI is InChI=1S/C25H26N2OS/c1-19-9-11-22(12-10-19)25(23-8-5-17-29-23)26-18-24(28)27-15-13-21(14-16-27)20-6-3-2-4-7-20/h2-13,17,25-26H,14-16,18H2,1H3/t25-/m1/s1. The number of thiophene rings is 1. The van der Waals surface area contributed by atoms with E-state index < -0.39 is 0 Å². The number of aryl methyl sites for hydroxylation is 1. The lowest BCUT2D eigenvalue weighted by atomic mass is 9.99. The molecule has 1 aliphatic rings. The molecule has 3 nitrogen and oxygen atoms in total. The van der Waals surface area contributed by atoms with Crippen LogP contribution in [-0.4, -0.2) is 30.4 Å². The number of hydrogen-bond donors (Lipinski definition) is 1. The molecule has 1 N–H and O–H groups in total. The second-order valence-electron chi connectivity index (χ2n) is 7.43. The van der Waals surface area contributed by atoms with Crippen molar-refractivity contribution in [2.75, 3.05) is 19.6 Å². The van der Waals surface area contributed by atoms with Gasteiger partial charge >= 0.3 is 0 Å². The molecule has 4 heteroatoms. The Morgan fingerprint density at radius 3 is 2.52 bits per heavy atom. The first kappa shape index (κ1) is 19.6. The fourth-order valence-electron chi connectivity index (χ4n) is 3.71. The first-order valence-corrected chi connectivity index (χ1v) is 10.9. The molecule has 2 heterocycles. The molecule has 0 unspecified atom stereocenters. The van der Waals surface area contributed by atoms with Crippen LogP contribution in [-0.2, 0) is 4.79 Å². The van der Waals surface area contributed by atoms with Gasteiger partial charge in [-0.3, -0.25) is 10.1 Å². The Labute approximate surface area is 176 Å². The zero-order valence-electron chi connectivity index (χ0n) is 16.7. The molecule has 1 atom stereocenters. The third-order valence-corrected chi connectivity index (χ3v) is 6.34. The minimum atomic E-state index is 0.0414. The Balaban J connectivity index is 1.40. The van der Waals surface area contributed by atoms with E-state index in [9.17, 15) is 4.79 Å². The van der Waals surface area contributed by atoms with Crippen LogP contribution in [0, 0.1) is 6.92 Å². The van der Waals surface area contributed by atoms with Gasteiger partial charge in [-0.2, -0.15) is 0 Å². The van der Waals surface area contributed by atoms with Crippen molar-refractivity contribution in [2.24, 2.45) is 0 Å². The molecule has 0 fully saturated rings. The van der Waals surface area contributed by atoms with Gasteiger partial charge in [-0.1, -0.05) is 72.3 Å². The summed E-state index contributed by atoms with van der Waals surface area (Å²) in [6.45, 7) is 3.88. The average Bonchev–Trinajstić information content (AvgIpc) is 3.30. The third-order valence-electron chi connectivity index (χ3n) is 5.40. The van der Waals surface area contributed by atoms with E-state index >= 15 is 0 Å². The van der Waals surface area contributed by atoms with Crippen LogP contribution in [0.3, 0.4) is 0 Å². The van der Waals surface area contributed by atoms with Crippen LogP contribution in [0.15, 0.2) is 78.2 Å². The fourth-order valence-corrected chi connectivity index (χ4v) is 4.54. The molecule has 2 aromatic carbocycles. The zero-order valence-corrected chi connectivity index (χ0v) is 17.5. The van der Waals surface area contributed by atoms with E-state index in [-0.39, 0.29) is 11.9 Å². The molecular formula is C25H26N2OS. The lowest BCUT2D eigenvalue weighted by Gasteiger charge is -2.28. The van der Waals surface area contributed by atoms with Crippen molar-refractivity contribution in [1.82, 2.24) is 10.2 Å². The highest BCUT2D eigenvalue weighted by molar-refractivity contribution is 7.10. The summed E-state index contributed by atoms with van der Waals surface area (Å²) < 4.78 is 0.